The molecule has 0 saturated carbocycles. The molecule has 1 aromatic heterocycles. The molecular formula is C27H30N4O6S2. The minimum Gasteiger partial charge on any atom is -0.453 e. The predicted octanol–water partition coefficient (Wildman–Crippen LogP) is 3.70. The van der Waals surface area contributed by atoms with Gasteiger partial charge in [0.15, 0.2) is 0 Å². The molecule has 0 atom stereocenters. The first-order valence-corrected chi connectivity index (χ1v) is 14.6. The van der Waals surface area contributed by atoms with Crippen LogP contribution >= 0.6 is 11.3 Å². The molecule has 0 radical (unpaired) electrons. The van der Waals surface area contributed by atoms with Crippen LogP contribution in [0.5, 0.6) is 0 Å². The third-order valence-corrected chi connectivity index (χ3v) is 9.48. The molecule has 4 rings (SSSR count). The van der Waals surface area contributed by atoms with Gasteiger partial charge >= 0.3 is 6.09 Å². The summed E-state index contributed by atoms with van der Waals surface area (Å²) in [5.41, 5.74) is 2.12. The van der Waals surface area contributed by atoms with E-state index in [1.165, 1.54) is 39.9 Å². The fraction of sp³-hybridized carbons (Fsp3) is 0.296. The van der Waals surface area contributed by atoms with E-state index in [0.29, 0.717) is 18.0 Å². The number of ether oxygens (including phenoxy) is 1. The third-order valence-electron chi connectivity index (χ3n) is 6.41. The molecule has 0 unspecified atom stereocenters. The van der Waals surface area contributed by atoms with Gasteiger partial charge in [-0.1, -0.05) is 37.3 Å². The first kappa shape index (κ1) is 28.4. The number of carbonyl (C=O) groups excluding carboxylic acids is 3. The Labute approximate surface area is 231 Å². The summed E-state index contributed by atoms with van der Waals surface area (Å²) >= 11 is 1.28. The molecule has 0 saturated heterocycles. The highest BCUT2D eigenvalue weighted by molar-refractivity contribution is 7.89. The second kappa shape index (κ2) is 12.1. The maximum Gasteiger partial charge on any atom is 0.413 e. The van der Waals surface area contributed by atoms with E-state index in [9.17, 15) is 22.8 Å². The van der Waals surface area contributed by atoms with Gasteiger partial charge in [0.2, 0.25) is 10.0 Å². The van der Waals surface area contributed by atoms with Gasteiger partial charge in [0.25, 0.3) is 11.8 Å². The molecule has 3 amide bonds. The lowest BCUT2D eigenvalue weighted by Crippen LogP contribution is -2.33. The molecule has 12 heteroatoms. The fourth-order valence-corrected chi connectivity index (χ4v) is 7.08. The van der Waals surface area contributed by atoms with Crippen LogP contribution in [0.1, 0.15) is 43.6 Å². The molecular weight excluding hydrogens is 540 g/mol. The lowest BCUT2D eigenvalue weighted by atomic mass is 10.0. The number of benzene rings is 2. The van der Waals surface area contributed by atoms with Gasteiger partial charge in [-0.2, -0.15) is 4.31 Å². The van der Waals surface area contributed by atoms with Crippen LogP contribution < -0.4 is 10.6 Å². The number of nitrogens with zero attached hydrogens (tertiary/aromatic N) is 2. The molecule has 1 aliphatic rings. The van der Waals surface area contributed by atoms with Crippen molar-refractivity contribution in [1.29, 1.82) is 0 Å². The molecule has 10 nitrogen and oxygen atoms in total. The van der Waals surface area contributed by atoms with E-state index in [1.807, 2.05) is 37.4 Å². The van der Waals surface area contributed by atoms with Crippen LogP contribution in [0.3, 0.4) is 0 Å². The number of sulfonamides is 1. The van der Waals surface area contributed by atoms with Gasteiger partial charge in [0, 0.05) is 36.6 Å². The van der Waals surface area contributed by atoms with Crippen molar-refractivity contribution in [2.45, 2.75) is 31.3 Å². The molecule has 206 valence electrons. The van der Waals surface area contributed by atoms with Crippen LogP contribution in [0.25, 0.3) is 0 Å². The van der Waals surface area contributed by atoms with Gasteiger partial charge in [-0.15, -0.1) is 11.3 Å². The highest BCUT2D eigenvalue weighted by Gasteiger charge is 2.29. The second-order valence-electron chi connectivity index (χ2n) is 9.04. The number of methoxy groups -OCH3 is 1. The number of rotatable bonds is 8. The number of anilines is 1. The average molecular weight is 571 g/mol. The smallest absolute Gasteiger partial charge is 0.413 e. The normalized spacial score (nSPS) is 13.5. The van der Waals surface area contributed by atoms with Crippen LogP contribution in [-0.2, 0) is 34.3 Å². The summed E-state index contributed by atoms with van der Waals surface area (Å²) in [6, 6.07) is 15.0. The van der Waals surface area contributed by atoms with E-state index in [1.54, 1.807) is 6.92 Å². The molecule has 2 aromatic carbocycles. The van der Waals surface area contributed by atoms with E-state index < -0.39 is 27.9 Å². The van der Waals surface area contributed by atoms with Gasteiger partial charge in [0.1, 0.15) is 5.00 Å². The fourth-order valence-electron chi connectivity index (χ4n) is 4.32. The van der Waals surface area contributed by atoms with Crippen molar-refractivity contribution in [2.24, 2.45) is 0 Å². The molecule has 0 spiro atoms. The number of fused-ring (bicyclic) bond motifs is 1. The van der Waals surface area contributed by atoms with E-state index >= 15 is 0 Å². The Morgan fingerprint density at radius 1 is 1.05 bits per heavy atom. The van der Waals surface area contributed by atoms with Crippen LogP contribution in [0.15, 0.2) is 59.5 Å². The van der Waals surface area contributed by atoms with Crippen LogP contribution in [0.4, 0.5) is 9.80 Å². The van der Waals surface area contributed by atoms with Crippen molar-refractivity contribution >= 4 is 44.3 Å². The van der Waals surface area contributed by atoms with Gasteiger partial charge in [-0.05, 0) is 48.9 Å². The Bertz CT molecular complexity index is 1470. The van der Waals surface area contributed by atoms with Crippen molar-refractivity contribution in [1.82, 2.24) is 14.5 Å². The Balaban J connectivity index is 1.55. The number of carbonyl (C=O) groups is 3. The number of alkyl carbamates (subject to hydrolysis) is 1. The summed E-state index contributed by atoms with van der Waals surface area (Å²) in [4.78, 5) is 40.8. The molecule has 0 bridgehead atoms. The van der Waals surface area contributed by atoms with E-state index in [4.69, 9.17) is 0 Å². The lowest BCUT2D eigenvalue weighted by Gasteiger charge is -2.22. The summed E-state index contributed by atoms with van der Waals surface area (Å²) in [6.07, 6.45) is -0.304. The van der Waals surface area contributed by atoms with Crippen molar-refractivity contribution in [3.05, 3.63) is 81.7 Å². The van der Waals surface area contributed by atoms with Crippen molar-refractivity contribution in [2.75, 3.05) is 32.6 Å². The number of likely N-dealkylation sites (N-methyl/N-ethyl adjacent to an activating group) is 1. The van der Waals surface area contributed by atoms with E-state index in [2.05, 4.69) is 20.3 Å². The number of imide groups is 1. The summed E-state index contributed by atoms with van der Waals surface area (Å²) in [7, 11) is -0.664. The summed E-state index contributed by atoms with van der Waals surface area (Å²) in [5, 5.41) is 5.28. The van der Waals surface area contributed by atoms with Gasteiger partial charge < -0.3 is 15.0 Å². The third kappa shape index (κ3) is 6.36. The predicted molar refractivity (Wildman–Crippen MR) is 148 cm³/mol. The molecule has 2 N–H and O–H groups in total. The Hall–Kier alpha value is -3.58. The molecule has 0 aliphatic carbocycles. The highest BCUT2D eigenvalue weighted by Crippen LogP contribution is 2.37. The average Bonchev–Trinajstić information content (AvgIpc) is 3.28. The standard InChI is InChI=1S/C27H30N4O6S2/c1-4-31(16-18-8-6-5-7-9-18)39(35,36)20-12-10-19(11-13-20)24(32)28-26-23(25(33)29-27(34)37-3)21-14-15-30(2)17-22(21)38-26/h5-13H,4,14-17H2,1-3H3,(H,28,32)(H,29,33,34). The Morgan fingerprint density at radius 3 is 2.38 bits per heavy atom. The molecule has 3 aromatic rings. The Kier molecular flexibility index (Phi) is 8.80. The topological polar surface area (TPSA) is 125 Å². The number of hydrogen-bond donors (Lipinski definition) is 2. The van der Waals surface area contributed by atoms with E-state index in [-0.39, 0.29) is 29.1 Å². The zero-order valence-corrected chi connectivity index (χ0v) is 23.5. The molecule has 2 heterocycles. The Morgan fingerprint density at radius 2 is 1.74 bits per heavy atom. The maximum atomic E-state index is 13.3. The van der Waals surface area contributed by atoms with Gasteiger partial charge in [-0.25, -0.2) is 13.2 Å². The highest BCUT2D eigenvalue weighted by atomic mass is 32.2. The summed E-state index contributed by atoms with van der Waals surface area (Å²) in [5.74, 6) is -1.16. The first-order chi connectivity index (χ1) is 18.6. The largest absolute Gasteiger partial charge is 0.453 e. The lowest BCUT2D eigenvalue weighted by molar-refractivity contribution is 0.0936. The van der Waals surface area contributed by atoms with Crippen LogP contribution in [-0.4, -0.2) is 62.8 Å². The molecule has 1 aliphatic heterocycles. The van der Waals surface area contributed by atoms with Crippen LogP contribution in [0, 0.1) is 0 Å². The van der Waals surface area contributed by atoms with E-state index in [0.717, 1.165) is 29.7 Å². The monoisotopic (exact) mass is 570 g/mol. The van der Waals surface area contributed by atoms with Gasteiger partial charge in [-0.3, -0.25) is 14.9 Å². The number of amides is 3. The quantitative estimate of drug-likeness (QED) is 0.423. The molecule has 39 heavy (non-hydrogen) atoms. The van der Waals surface area contributed by atoms with Crippen molar-refractivity contribution in [3.63, 3.8) is 0 Å². The molecule has 0 fully saturated rings. The van der Waals surface area contributed by atoms with Gasteiger partial charge in [0.05, 0.1) is 17.6 Å². The van der Waals surface area contributed by atoms with Crippen molar-refractivity contribution < 1.29 is 27.5 Å². The van der Waals surface area contributed by atoms with Crippen LogP contribution in [0.2, 0.25) is 0 Å². The summed E-state index contributed by atoms with van der Waals surface area (Å²) in [6.45, 7) is 3.63. The zero-order valence-electron chi connectivity index (χ0n) is 21.9. The summed E-state index contributed by atoms with van der Waals surface area (Å²) < 4.78 is 32.4. The number of thiophene rings is 1. The minimum absolute atomic E-state index is 0.0737. The zero-order chi connectivity index (χ0) is 28.2. The second-order valence-corrected chi connectivity index (χ2v) is 12.1. The number of nitrogens with one attached hydrogen (secondary N) is 2. The SMILES string of the molecule is CCN(Cc1ccccc1)S(=O)(=O)c1ccc(C(=O)Nc2sc3c(c2C(=O)NC(=O)OC)CCN(C)C3)cc1. The van der Waals surface area contributed by atoms with Crippen molar-refractivity contribution in [3.8, 4) is 0 Å². The minimum atomic E-state index is -3.79. The number of hydrogen-bond acceptors (Lipinski definition) is 8. The first-order valence-electron chi connectivity index (χ1n) is 12.3. The maximum absolute atomic E-state index is 13.3.